The van der Waals surface area contributed by atoms with Crippen molar-refractivity contribution < 1.29 is 13.6 Å². The van der Waals surface area contributed by atoms with Crippen LogP contribution in [-0.2, 0) is 10.7 Å². The smallest absolute Gasteiger partial charge is 0.303 e. The average molecular weight is 397 g/mol. The molecule has 0 atom stereocenters. The number of aromatic nitrogens is 4. The Kier molecular flexibility index (Phi) is 4.38. The topological polar surface area (TPSA) is 99.7 Å². The molecule has 1 aliphatic heterocycles. The number of nitrogens with one attached hydrogen (secondary N) is 1. The standard InChI is InChI=1S/C19H17F2N7O/c1-11(29)25-16-5-14-13(7-24-16)15(27-8-12(6-22)9-27)10-28(14)17-3-4-23-18(26-17)19(2,20)21/h3-5,7,10,12H,8-9H2,1-2H3,(H,24,25,29). The molecule has 3 aromatic heterocycles. The Labute approximate surface area is 164 Å². The minimum atomic E-state index is -3.18. The molecule has 4 rings (SSSR count). The second kappa shape index (κ2) is 6.77. The average Bonchev–Trinajstić information content (AvgIpc) is 2.98. The minimum Gasteiger partial charge on any atom is -0.367 e. The highest BCUT2D eigenvalue weighted by Crippen LogP contribution is 2.35. The molecule has 1 fully saturated rings. The van der Waals surface area contributed by atoms with Crippen molar-refractivity contribution in [1.82, 2.24) is 19.5 Å². The number of nitriles is 1. The highest BCUT2D eigenvalue weighted by molar-refractivity contribution is 5.97. The van der Waals surface area contributed by atoms with Crippen LogP contribution in [0.3, 0.4) is 0 Å². The number of nitrogens with zero attached hydrogens (tertiary/aromatic N) is 6. The number of rotatable bonds is 4. The van der Waals surface area contributed by atoms with Crippen molar-refractivity contribution >= 4 is 28.3 Å². The summed E-state index contributed by atoms with van der Waals surface area (Å²) in [6, 6.07) is 5.42. The Balaban J connectivity index is 1.86. The predicted octanol–water partition coefficient (Wildman–Crippen LogP) is 2.85. The van der Waals surface area contributed by atoms with Crippen LogP contribution >= 0.6 is 0 Å². The van der Waals surface area contributed by atoms with Crippen molar-refractivity contribution in [3.8, 4) is 11.9 Å². The summed E-state index contributed by atoms with van der Waals surface area (Å²) in [6.07, 6.45) is 4.67. The molecule has 0 bridgehead atoms. The number of carbonyl (C=O) groups is 1. The van der Waals surface area contributed by atoms with Gasteiger partial charge in [0.05, 0.1) is 23.2 Å². The van der Waals surface area contributed by atoms with E-state index >= 15 is 0 Å². The van der Waals surface area contributed by atoms with Gasteiger partial charge in [-0.15, -0.1) is 0 Å². The van der Waals surface area contributed by atoms with Gasteiger partial charge in [-0.25, -0.2) is 15.0 Å². The van der Waals surface area contributed by atoms with Crippen LogP contribution in [0.2, 0.25) is 0 Å². The molecule has 4 heterocycles. The van der Waals surface area contributed by atoms with E-state index < -0.39 is 11.7 Å². The van der Waals surface area contributed by atoms with Gasteiger partial charge in [0.25, 0.3) is 0 Å². The number of amides is 1. The summed E-state index contributed by atoms with van der Waals surface area (Å²) < 4.78 is 29.1. The van der Waals surface area contributed by atoms with Gasteiger partial charge in [0, 0.05) is 57.0 Å². The van der Waals surface area contributed by atoms with Crippen LogP contribution in [0.1, 0.15) is 19.7 Å². The summed E-state index contributed by atoms with van der Waals surface area (Å²) in [5.74, 6) is -3.48. The van der Waals surface area contributed by atoms with Gasteiger partial charge in [0.15, 0.2) is 0 Å². The third-order valence-corrected chi connectivity index (χ3v) is 4.66. The highest BCUT2D eigenvalue weighted by Gasteiger charge is 2.31. The van der Waals surface area contributed by atoms with Crippen LogP contribution < -0.4 is 10.2 Å². The monoisotopic (exact) mass is 397 g/mol. The number of carbonyl (C=O) groups excluding carboxylic acids is 1. The van der Waals surface area contributed by atoms with E-state index in [2.05, 4.69) is 26.3 Å². The Bertz CT molecular complexity index is 1140. The summed E-state index contributed by atoms with van der Waals surface area (Å²) in [5.41, 5.74) is 1.46. The zero-order chi connectivity index (χ0) is 20.8. The molecular weight excluding hydrogens is 380 g/mol. The van der Waals surface area contributed by atoms with Crippen molar-refractivity contribution in [3.05, 3.63) is 36.5 Å². The Morgan fingerprint density at radius 3 is 2.79 bits per heavy atom. The number of halogens is 2. The van der Waals surface area contributed by atoms with Gasteiger partial charge in [-0.1, -0.05) is 0 Å². The molecule has 29 heavy (non-hydrogen) atoms. The number of hydrogen-bond donors (Lipinski definition) is 1. The van der Waals surface area contributed by atoms with Crippen molar-refractivity contribution in [2.24, 2.45) is 5.92 Å². The van der Waals surface area contributed by atoms with E-state index in [4.69, 9.17) is 5.26 Å². The fourth-order valence-electron chi connectivity index (χ4n) is 3.24. The molecule has 0 aromatic carbocycles. The number of pyridine rings is 1. The lowest BCUT2D eigenvalue weighted by Crippen LogP contribution is -2.45. The number of hydrogen-bond acceptors (Lipinski definition) is 6. The van der Waals surface area contributed by atoms with E-state index in [1.54, 1.807) is 23.0 Å². The summed E-state index contributed by atoms with van der Waals surface area (Å²) in [7, 11) is 0. The Morgan fingerprint density at radius 1 is 1.38 bits per heavy atom. The quantitative estimate of drug-likeness (QED) is 0.727. The molecule has 1 saturated heterocycles. The fourth-order valence-corrected chi connectivity index (χ4v) is 3.24. The molecule has 8 nitrogen and oxygen atoms in total. The number of alkyl halides is 2. The molecular formula is C19H17F2N7O. The summed E-state index contributed by atoms with van der Waals surface area (Å²) in [6.45, 7) is 3.26. The van der Waals surface area contributed by atoms with Crippen molar-refractivity contribution in [2.75, 3.05) is 23.3 Å². The van der Waals surface area contributed by atoms with Gasteiger partial charge in [0.1, 0.15) is 11.6 Å². The Morgan fingerprint density at radius 2 is 2.14 bits per heavy atom. The molecule has 0 unspecified atom stereocenters. The lowest BCUT2D eigenvalue weighted by molar-refractivity contribution is -0.114. The molecule has 3 aromatic rings. The maximum Gasteiger partial charge on any atom is 0.303 e. The predicted molar refractivity (Wildman–Crippen MR) is 102 cm³/mol. The summed E-state index contributed by atoms with van der Waals surface area (Å²) >= 11 is 0. The number of fused-ring (bicyclic) bond motifs is 1. The van der Waals surface area contributed by atoms with Gasteiger partial charge in [-0.2, -0.15) is 14.0 Å². The maximum atomic E-state index is 13.7. The van der Waals surface area contributed by atoms with Crippen molar-refractivity contribution in [1.29, 1.82) is 5.26 Å². The van der Waals surface area contributed by atoms with Crippen molar-refractivity contribution in [2.45, 2.75) is 19.8 Å². The van der Waals surface area contributed by atoms with E-state index in [0.29, 0.717) is 24.4 Å². The van der Waals surface area contributed by atoms with Gasteiger partial charge in [-0.3, -0.25) is 9.36 Å². The van der Waals surface area contributed by atoms with Gasteiger partial charge in [-0.05, 0) is 6.07 Å². The lowest BCUT2D eigenvalue weighted by atomic mass is 10.0. The first kappa shape index (κ1) is 18.7. The first-order chi connectivity index (χ1) is 13.8. The van der Waals surface area contributed by atoms with Crippen LogP contribution in [0.15, 0.2) is 30.7 Å². The zero-order valence-electron chi connectivity index (χ0n) is 15.7. The van der Waals surface area contributed by atoms with Gasteiger partial charge in [0.2, 0.25) is 11.7 Å². The second-order valence-electron chi connectivity index (χ2n) is 7.01. The fraction of sp³-hybridized carbons (Fsp3) is 0.316. The van der Waals surface area contributed by atoms with Crippen LogP contribution in [0.25, 0.3) is 16.7 Å². The number of anilines is 2. The largest absolute Gasteiger partial charge is 0.367 e. The first-order valence-corrected chi connectivity index (χ1v) is 8.91. The maximum absolute atomic E-state index is 13.7. The molecule has 1 N–H and O–H groups in total. The molecule has 0 aliphatic carbocycles. The normalized spacial score (nSPS) is 14.5. The molecule has 0 radical (unpaired) electrons. The molecule has 0 saturated carbocycles. The van der Waals surface area contributed by atoms with Crippen LogP contribution in [0.5, 0.6) is 0 Å². The lowest BCUT2D eigenvalue weighted by Gasteiger charge is -2.36. The van der Waals surface area contributed by atoms with Gasteiger partial charge >= 0.3 is 5.92 Å². The molecule has 1 amide bonds. The SMILES string of the molecule is CC(=O)Nc1cc2c(cn1)c(N1CC(C#N)C1)cn2-c1ccnc(C(C)(F)F)n1. The van der Waals surface area contributed by atoms with Crippen LogP contribution in [0, 0.1) is 17.2 Å². The zero-order valence-corrected chi connectivity index (χ0v) is 15.7. The summed E-state index contributed by atoms with van der Waals surface area (Å²) in [4.78, 5) is 25.4. The van der Waals surface area contributed by atoms with Crippen LogP contribution in [0.4, 0.5) is 20.3 Å². The highest BCUT2D eigenvalue weighted by atomic mass is 19.3. The third kappa shape index (κ3) is 3.47. The molecule has 148 valence electrons. The van der Waals surface area contributed by atoms with E-state index in [-0.39, 0.29) is 17.6 Å². The van der Waals surface area contributed by atoms with E-state index in [1.807, 2.05) is 4.90 Å². The summed E-state index contributed by atoms with van der Waals surface area (Å²) in [5, 5.41) is 12.4. The van der Waals surface area contributed by atoms with E-state index in [9.17, 15) is 13.6 Å². The third-order valence-electron chi connectivity index (χ3n) is 4.66. The molecule has 0 spiro atoms. The van der Waals surface area contributed by atoms with E-state index in [1.165, 1.54) is 19.2 Å². The van der Waals surface area contributed by atoms with Gasteiger partial charge < -0.3 is 10.2 Å². The minimum absolute atomic E-state index is 0.0514. The van der Waals surface area contributed by atoms with E-state index in [0.717, 1.165) is 18.0 Å². The van der Waals surface area contributed by atoms with Crippen LogP contribution in [-0.4, -0.2) is 38.5 Å². The van der Waals surface area contributed by atoms with Crippen molar-refractivity contribution in [3.63, 3.8) is 0 Å². The second-order valence-corrected chi connectivity index (χ2v) is 7.01. The Hall–Kier alpha value is -3.61. The molecule has 1 aliphatic rings. The molecule has 10 heteroatoms. The first-order valence-electron chi connectivity index (χ1n) is 8.91.